The zero-order valence-electron chi connectivity index (χ0n) is 18.7. The zero-order valence-corrected chi connectivity index (χ0v) is 18.7. The number of primary amides is 1. The molecule has 4 N–H and O–H groups in total. The molecule has 0 spiro atoms. The predicted octanol–water partition coefficient (Wildman–Crippen LogP) is 2.47. The Balaban J connectivity index is 1.21. The number of piperidine rings is 1. The molecule has 4 fully saturated rings. The van der Waals surface area contributed by atoms with Crippen LogP contribution in [0.4, 0.5) is 0 Å². The summed E-state index contributed by atoms with van der Waals surface area (Å²) >= 11 is 0. The van der Waals surface area contributed by atoms with E-state index in [2.05, 4.69) is 0 Å². The van der Waals surface area contributed by atoms with Crippen molar-refractivity contribution in [1.29, 1.82) is 0 Å². The van der Waals surface area contributed by atoms with Crippen LogP contribution in [-0.2, 0) is 9.59 Å². The second-order valence-electron chi connectivity index (χ2n) is 10.4. The number of carboxylic acid groups (broad SMARTS) is 1. The number of aliphatic hydroxyl groups excluding tert-OH is 1. The van der Waals surface area contributed by atoms with Crippen LogP contribution in [0.5, 0.6) is 5.75 Å². The van der Waals surface area contributed by atoms with E-state index in [-0.39, 0.29) is 30.2 Å². The summed E-state index contributed by atoms with van der Waals surface area (Å²) in [6.07, 6.45) is 5.75. The van der Waals surface area contributed by atoms with Gasteiger partial charge < -0.3 is 25.6 Å². The van der Waals surface area contributed by atoms with Crippen LogP contribution in [0.3, 0.4) is 0 Å². The highest BCUT2D eigenvalue weighted by molar-refractivity contribution is 5.95. The van der Waals surface area contributed by atoms with Gasteiger partial charge in [-0.25, -0.2) is 0 Å². The SMILES string of the molecule is NC(=O)C1(C2(C(=O)O)CC2)CCC(Oc2ccc(C(=O)N3C4CCC3CC(O)C4)cc2)CC1. The Bertz CT molecular complexity index is 934. The molecule has 2 aliphatic heterocycles. The minimum atomic E-state index is -1.00. The van der Waals surface area contributed by atoms with E-state index in [0.29, 0.717) is 62.7 Å². The van der Waals surface area contributed by atoms with Crippen LogP contribution >= 0.6 is 0 Å². The molecule has 33 heavy (non-hydrogen) atoms. The number of aliphatic hydroxyl groups is 1. The summed E-state index contributed by atoms with van der Waals surface area (Å²) in [4.78, 5) is 39.2. The average molecular weight is 457 g/mol. The van der Waals surface area contributed by atoms with Crippen molar-refractivity contribution in [3.63, 3.8) is 0 Å². The minimum Gasteiger partial charge on any atom is -0.490 e. The Hall–Kier alpha value is -2.61. The van der Waals surface area contributed by atoms with Gasteiger partial charge in [0.2, 0.25) is 5.91 Å². The highest BCUT2D eigenvalue weighted by Crippen LogP contribution is 2.64. The third kappa shape index (κ3) is 3.59. The molecule has 2 saturated carbocycles. The van der Waals surface area contributed by atoms with Crippen molar-refractivity contribution in [2.45, 2.75) is 88.5 Å². The number of hydrogen-bond acceptors (Lipinski definition) is 5. The Kier molecular flexibility index (Phi) is 5.39. The number of nitrogens with two attached hydrogens (primary N) is 1. The number of carbonyl (C=O) groups is 3. The van der Waals surface area contributed by atoms with Crippen LogP contribution in [0.1, 0.15) is 74.6 Å². The zero-order chi connectivity index (χ0) is 23.4. The average Bonchev–Trinajstić information content (AvgIpc) is 3.56. The molecular weight excluding hydrogens is 424 g/mol. The molecule has 178 valence electrons. The lowest BCUT2D eigenvalue weighted by Gasteiger charge is -2.41. The van der Waals surface area contributed by atoms with Crippen molar-refractivity contribution in [3.05, 3.63) is 29.8 Å². The van der Waals surface area contributed by atoms with E-state index in [0.717, 1.165) is 12.8 Å². The first-order valence-electron chi connectivity index (χ1n) is 12.1. The van der Waals surface area contributed by atoms with Gasteiger partial charge in [-0.1, -0.05) is 0 Å². The van der Waals surface area contributed by atoms with Gasteiger partial charge in [0.25, 0.3) is 5.91 Å². The van der Waals surface area contributed by atoms with Gasteiger partial charge in [0.1, 0.15) is 5.75 Å². The van der Waals surface area contributed by atoms with Crippen LogP contribution in [0, 0.1) is 10.8 Å². The number of hydrogen-bond donors (Lipinski definition) is 3. The van der Waals surface area contributed by atoms with E-state index in [1.807, 2.05) is 4.90 Å². The molecule has 2 heterocycles. The quantitative estimate of drug-likeness (QED) is 0.603. The van der Waals surface area contributed by atoms with Gasteiger partial charge in [0.15, 0.2) is 0 Å². The maximum atomic E-state index is 13.1. The molecule has 1 aromatic carbocycles. The maximum Gasteiger partial charge on any atom is 0.310 e. The van der Waals surface area contributed by atoms with Crippen LogP contribution in [0.25, 0.3) is 0 Å². The Morgan fingerprint density at radius 3 is 1.97 bits per heavy atom. The summed E-state index contributed by atoms with van der Waals surface area (Å²) in [6.45, 7) is 0. The van der Waals surface area contributed by atoms with Gasteiger partial charge in [-0.15, -0.1) is 0 Å². The maximum absolute atomic E-state index is 13.1. The molecule has 2 saturated heterocycles. The van der Waals surface area contributed by atoms with Crippen LogP contribution in [-0.4, -0.2) is 57.2 Å². The summed E-state index contributed by atoms with van der Waals surface area (Å²) in [5.41, 5.74) is 4.33. The fourth-order valence-corrected chi connectivity index (χ4v) is 6.68. The molecule has 8 nitrogen and oxygen atoms in total. The summed E-state index contributed by atoms with van der Waals surface area (Å²) in [6, 6.07) is 7.39. The standard InChI is InChI=1S/C25H32N2O6/c26-22(30)24(25(11-12-25)23(31)32)9-7-20(8-10-24)33-19-5-1-15(2-6-19)21(29)27-16-3-4-17(27)14-18(28)13-16/h1-2,5-6,16-18,20,28H,3-4,7-14H2,(H2,26,30)(H,31,32). The normalized spacial score (nSPS) is 34.5. The van der Waals surface area contributed by atoms with E-state index in [1.165, 1.54) is 0 Å². The number of ether oxygens (including phenoxy) is 1. The molecule has 5 rings (SSSR count). The highest BCUT2D eigenvalue weighted by atomic mass is 16.5. The largest absolute Gasteiger partial charge is 0.490 e. The van der Waals surface area contributed by atoms with Crippen LogP contribution in [0.2, 0.25) is 0 Å². The lowest BCUT2D eigenvalue weighted by molar-refractivity contribution is -0.158. The number of carboxylic acids is 1. The first-order chi connectivity index (χ1) is 15.8. The monoisotopic (exact) mass is 456 g/mol. The van der Waals surface area contributed by atoms with Gasteiger partial charge in [0, 0.05) is 17.6 Å². The van der Waals surface area contributed by atoms with Gasteiger partial charge in [-0.05, 0) is 88.5 Å². The second-order valence-corrected chi connectivity index (χ2v) is 10.4. The van der Waals surface area contributed by atoms with Gasteiger partial charge in [-0.3, -0.25) is 14.4 Å². The molecular formula is C25H32N2O6. The van der Waals surface area contributed by atoms with Crippen LogP contribution < -0.4 is 10.5 Å². The second kappa shape index (κ2) is 8.01. The number of benzene rings is 1. The van der Waals surface area contributed by atoms with E-state index in [1.54, 1.807) is 24.3 Å². The van der Waals surface area contributed by atoms with Gasteiger partial charge in [0.05, 0.1) is 23.0 Å². The molecule has 1 aromatic rings. The topological polar surface area (TPSA) is 130 Å². The van der Waals surface area contributed by atoms with Crippen LogP contribution in [0.15, 0.2) is 24.3 Å². The summed E-state index contributed by atoms with van der Waals surface area (Å²) in [7, 11) is 0. The Labute approximate surface area is 193 Å². The highest BCUT2D eigenvalue weighted by Gasteiger charge is 2.67. The number of fused-ring (bicyclic) bond motifs is 2. The molecule has 2 aliphatic carbocycles. The molecule has 2 bridgehead atoms. The van der Waals surface area contributed by atoms with Crippen molar-refractivity contribution in [2.75, 3.05) is 0 Å². The number of aliphatic carboxylic acids is 1. The molecule has 2 amide bonds. The Morgan fingerprint density at radius 2 is 1.48 bits per heavy atom. The third-order valence-electron chi connectivity index (χ3n) is 8.68. The predicted molar refractivity (Wildman–Crippen MR) is 118 cm³/mol. The first-order valence-corrected chi connectivity index (χ1v) is 12.1. The minimum absolute atomic E-state index is 0.00765. The third-order valence-corrected chi connectivity index (χ3v) is 8.68. The van der Waals surface area contributed by atoms with Crippen molar-refractivity contribution in [2.24, 2.45) is 16.6 Å². The van der Waals surface area contributed by atoms with E-state index in [4.69, 9.17) is 10.5 Å². The smallest absolute Gasteiger partial charge is 0.310 e. The lowest BCUT2D eigenvalue weighted by Crippen LogP contribution is -2.51. The van der Waals surface area contributed by atoms with Crippen molar-refractivity contribution < 1.29 is 29.3 Å². The fraction of sp³-hybridized carbons (Fsp3) is 0.640. The van der Waals surface area contributed by atoms with Gasteiger partial charge in [-0.2, -0.15) is 0 Å². The van der Waals surface area contributed by atoms with Crippen molar-refractivity contribution in [3.8, 4) is 5.75 Å². The van der Waals surface area contributed by atoms with Gasteiger partial charge >= 0.3 is 5.97 Å². The molecule has 0 aromatic heterocycles. The summed E-state index contributed by atoms with van der Waals surface area (Å²) in [5, 5.41) is 19.7. The first kappa shape index (κ1) is 22.2. The Morgan fingerprint density at radius 1 is 0.909 bits per heavy atom. The number of amides is 2. The molecule has 2 atom stereocenters. The molecule has 0 radical (unpaired) electrons. The molecule has 4 aliphatic rings. The molecule has 2 unspecified atom stereocenters. The summed E-state index contributed by atoms with van der Waals surface area (Å²) < 4.78 is 6.11. The lowest BCUT2D eigenvalue weighted by atomic mass is 9.62. The number of nitrogens with zero attached hydrogens (tertiary/aromatic N) is 1. The number of rotatable bonds is 6. The van der Waals surface area contributed by atoms with E-state index < -0.39 is 22.7 Å². The number of carbonyl (C=O) groups excluding carboxylic acids is 2. The van der Waals surface area contributed by atoms with Crippen molar-refractivity contribution in [1.82, 2.24) is 4.90 Å². The van der Waals surface area contributed by atoms with E-state index in [9.17, 15) is 24.6 Å². The summed E-state index contributed by atoms with van der Waals surface area (Å²) in [5.74, 6) is -0.770. The molecule has 8 heteroatoms. The fourth-order valence-electron chi connectivity index (χ4n) is 6.68. The van der Waals surface area contributed by atoms with Crippen molar-refractivity contribution >= 4 is 17.8 Å². The van der Waals surface area contributed by atoms with E-state index >= 15 is 0 Å².